The summed E-state index contributed by atoms with van der Waals surface area (Å²) in [6.45, 7) is 0.574. The number of hydrogen-bond acceptors (Lipinski definition) is 6. The summed E-state index contributed by atoms with van der Waals surface area (Å²) in [4.78, 5) is 12.3. The van der Waals surface area contributed by atoms with Crippen LogP contribution in [0.25, 0.3) is 0 Å². The molecule has 2 heterocycles. The normalized spacial score (nSPS) is 22.2. The van der Waals surface area contributed by atoms with Crippen molar-refractivity contribution in [1.82, 2.24) is 9.88 Å². The molecule has 1 fully saturated rings. The molecule has 0 bridgehead atoms. The van der Waals surface area contributed by atoms with Crippen LogP contribution >= 0.6 is 0 Å². The Morgan fingerprint density at radius 1 is 1.17 bits per heavy atom. The van der Waals surface area contributed by atoms with Gasteiger partial charge in [-0.05, 0) is 38.5 Å². The summed E-state index contributed by atoms with van der Waals surface area (Å²) in [7, 11) is -3.75. The lowest BCUT2D eigenvalue weighted by Gasteiger charge is -2.22. The first-order valence-electron chi connectivity index (χ1n) is 8.19. The third kappa shape index (κ3) is 4.11. The van der Waals surface area contributed by atoms with E-state index in [1.807, 2.05) is 0 Å². The second kappa shape index (κ2) is 7.00. The minimum absolute atomic E-state index is 0.107. The number of rotatable bonds is 4. The van der Waals surface area contributed by atoms with Crippen LogP contribution in [0, 0.1) is 0 Å². The summed E-state index contributed by atoms with van der Waals surface area (Å²) >= 11 is 0. The van der Waals surface area contributed by atoms with Crippen LogP contribution in [-0.4, -0.2) is 37.9 Å². The Morgan fingerprint density at radius 2 is 2.00 bits per heavy atom. The summed E-state index contributed by atoms with van der Waals surface area (Å²) < 4.78 is 37.1. The number of nitrogens with zero attached hydrogens (tertiary/aromatic N) is 1. The molecule has 0 aromatic carbocycles. The van der Waals surface area contributed by atoms with Crippen LogP contribution in [0.4, 0.5) is 0 Å². The van der Waals surface area contributed by atoms with Gasteiger partial charge in [0.25, 0.3) is 5.91 Å². The van der Waals surface area contributed by atoms with Gasteiger partial charge in [-0.15, -0.1) is 0 Å². The molecule has 1 amide bonds. The molecule has 1 aliphatic heterocycles. The topological polar surface area (TPSA) is 98.5 Å². The average Bonchev–Trinajstić information content (AvgIpc) is 2.76. The molecule has 23 heavy (non-hydrogen) atoms. The monoisotopic (exact) mass is 342 g/mol. The van der Waals surface area contributed by atoms with Gasteiger partial charge in [-0.25, -0.2) is 13.1 Å². The maximum atomic E-state index is 12.3. The standard InChI is InChI=1S/C15H22N2O5S/c18-15(14-12-7-2-1-3-8-13(12)22-16-14)17-23(19,20)10-11-6-4-5-9-21-11/h11H,1-10H2,(H,17,18). The molecule has 1 unspecified atom stereocenters. The van der Waals surface area contributed by atoms with Crippen LogP contribution in [0.1, 0.15) is 60.3 Å². The molecule has 1 aliphatic carbocycles. The largest absolute Gasteiger partial charge is 0.377 e. The highest BCUT2D eigenvalue weighted by Crippen LogP contribution is 2.23. The summed E-state index contributed by atoms with van der Waals surface area (Å²) in [6, 6.07) is 0. The molecule has 128 valence electrons. The van der Waals surface area contributed by atoms with Gasteiger partial charge in [0.2, 0.25) is 10.0 Å². The van der Waals surface area contributed by atoms with Crippen molar-refractivity contribution < 1.29 is 22.5 Å². The first-order chi connectivity index (χ1) is 11.1. The number of sulfonamides is 1. The highest BCUT2D eigenvalue weighted by molar-refractivity contribution is 7.90. The highest BCUT2D eigenvalue weighted by Gasteiger charge is 2.28. The van der Waals surface area contributed by atoms with Crippen LogP contribution in [0.5, 0.6) is 0 Å². The number of hydrogen-bond donors (Lipinski definition) is 1. The van der Waals surface area contributed by atoms with Gasteiger partial charge in [0.1, 0.15) is 5.76 Å². The lowest BCUT2D eigenvalue weighted by molar-refractivity contribution is 0.0304. The molecule has 8 heteroatoms. The predicted molar refractivity (Wildman–Crippen MR) is 82.6 cm³/mol. The van der Waals surface area contributed by atoms with E-state index in [2.05, 4.69) is 9.88 Å². The lowest BCUT2D eigenvalue weighted by atomic mass is 10.1. The quantitative estimate of drug-likeness (QED) is 0.834. The van der Waals surface area contributed by atoms with Crippen molar-refractivity contribution in [2.24, 2.45) is 0 Å². The summed E-state index contributed by atoms with van der Waals surface area (Å²) in [5, 5.41) is 3.79. The fraction of sp³-hybridized carbons (Fsp3) is 0.733. The third-order valence-electron chi connectivity index (χ3n) is 4.34. The van der Waals surface area contributed by atoms with Crippen LogP contribution in [0.15, 0.2) is 4.52 Å². The van der Waals surface area contributed by atoms with Crippen molar-refractivity contribution >= 4 is 15.9 Å². The summed E-state index contributed by atoms with van der Waals surface area (Å²) in [5.74, 6) is -0.188. The molecule has 1 atom stereocenters. The third-order valence-corrected chi connectivity index (χ3v) is 5.65. The van der Waals surface area contributed by atoms with Crippen molar-refractivity contribution in [3.63, 3.8) is 0 Å². The van der Waals surface area contributed by atoms with Gasteiger partial charge in [0, 0.05) is 18.6 Å². The molecule has 1 aromatic rings. The predicted octanol–water partition coefficient (Wildman–Crippen LogP) is 1.57. The number of amides is 1. The SMILES string of the molecule is O=C(NS(=O)(=O)CC1CCCCO1)c1noc2c1CCCCC2. The van der Waals surface area contributed by atoms with E-state index >= 15 is 0 Å². The van der Waals surface area contributed by atoms with Crippen molar-refractivity contribution in [3.05, 3.63) is 17.0 Å². The zero-order valence-corrected chi connectivity index (χ0v) is 13.9. The van der Waals surface area contributed by atoms with Gasteiger partial charge >= 0.3 is 0 Å². The Kier molecular flexibility index (Phi) is 5.01. The molecule has 0 spiro atoms. The lowest BCUT2D eigenvalue weighted by Crippen LogP contribution is -2.38. The van der Waals surface area contributed by atoms with Crippen molar-refractivity contribution in [2.75, 3.05) is 12.4 Å². The van der Waals surface area contributed by atoms with E-state index in [0.717, 1.165) is 44.1 Å². The maximum absolute atomic E-state index is 12.3. The Morgan fingerprint density at radius 3 is 2.78 bits per heavy atom. The van der Waals surface area contributed by atoms with E-state index in [9.17, 15) is 13.2 Å². The average molecular weight is 342 g/mol. The van der Waals surface area contributed by atoms with E-state index in [4.69, 9.17) is 9.26 Å². The second-order valence-corrected chi connectivity index (χ2v) is 7.96. The Labute approximate surface area is 135 Å². The van der Waals surface area contributed by atoms with Crippen LogP contribution in [-0.2, 0) is 27.6 Å². The number of carbonyl (C=O) groups is 1. The first-order valence-corrected chi connectivity index (χ1v) is 9.84. The maximum Gasteiger partial charge on any atom is 0.287 e. The fourth-order valence-electron chi connectivity index (χ4n) is 3.15. The van der Waals surface area contributed by atoms with Crippen LogP contribution in [0.2, 0.25) is 0 Å². The van der Waals surface area contributed by atoms with Crippen molar-refractivity contribution in [1.29, 1.82) is 0 Å². The van der Waals surface area contributed by atoms with Crippen molar-refractivity contribution in [2.45, 2.75) is 57.5 Å². The molecular weight excluding hydrogens is 320 g/mol. The number of fused-ring (bicyclic) bond motifs is 1. The molecule has 1 N–H and O–H groups in total. The molecule has 7 nitrogen and oxygen atoms in total. The van der Waals surface area contributed by atoms with Crippen molar-refractivity contribution in [3.8, 4) is 0 Å². The second-order valence-electron chi connectivity index (χ2n) is 6.19. The van der Waals surface area contributed by atoms with E-state index in [1.165, 1.54) is 0 Å². The molecule has 2 aliphatic rings. The first kappa shape index (κ1) is 16.4. The molecular formula is C15H22N2O5S. The Bertz CT molecular complexity index is 661. The highest BCUT2D eigenvalue weighted by atomic mass is 32.2. The van der Waals surface area contributed by atoms with E-state index in [-0.39, 0.29) is 17.6 Å². The molecule has 0 radical (unpaired) electrons. The molecule has 1 aromatic heterocycles. The van der Waals surface area contributed by atoms with E-state index in [0.29, 0.717) is 25.2 Å². The Balaban J connectivity index is 1.67. The molecule has 3 rings (SSSR count). The van der Waals surface area contributed by atoms with Gasteiger partial charge in [-0.2, -0.15) is 0 Å². The van der Waals surface area contributed by atoms with Gasteiger partial charge in [-0.3, -0.25) is 4.79 Å². The number of aryl methyl sites for hydroxylation is 1. The summed E-state index contributed by atoms with van der Waals surface area (Å²) in [6.07, 6.45) is 6.74. The van der Waals surface area contributed by atoms with E-state index < -0.39 is 15.9 Å². The minimum Gasteiger partial charge on any atom is -0.377 e. The number of nitrogens with one attached hydrogen (secondary N) is 1. The number of carbonyl (C=O) groups excluding carboxylic acids is 1. The minimum atomic E-state index is -3.75. The van der Waals surface area contributed by atoms with Gasteiger partial charge < -0.3 is 9.26 Å². The molecule has 1 saturated heterocycles. The van der Waals surface area contributed by atoms with Crippen LogP contribution < -0.4 is 4.72 Å². The smallest absolute Gasteiger partial charge is 0.287 e. The number of aromatic nitrogens is 1. The zero-order chi connectivity index (χ0) is 16.3. The molecule has 0 saturated carbocycles. The van der Waals surface area contributed by atoms with Gasteiger partial charge in [0.05, 0.1) is 11.9 Å². The fourth-order valence-corrected chi connectivity index (χ4v) is 4.37. The van der Waals surface area contributed by atoms with E-state index in [1.54, 1.807) is 0 Å². The van der Waals surface area contributed by atoms with Crippen LogP contribution in [0.3, 0.4) is 0 Å². The number of ether oxygens (including phenoxy) is 1. The Hall–Kier alpha value is -1.41. The van der Waals surface area contributed by atoms with Gasteiger partial charge in [0.15, 0.2) is 5.69 Å². The van der Waals surface area contributed by atoms with Gasteiger partial charge in [-0.1, -0.05) is 11.6 Å². The summed E-state index contributed by atoms with van der Waals surface area (Å²) in [5.41, 5.74) is 0.860. The zero-order valence-electron chi connectivity index (χ0n) is 13.0.